The lowest BCUT2D eigenvalue weighted by Gasteiger charge is -2.21. The van der Waals surface area contributed by atoms with Crippen molar-refractivity contribution in [3.05, 3.63) is 60.2 Å². The number of carbonyl (C=O) groups excluding carboxylic acids is 1. The van der Waals surface area contributed by atoms with E-state index >= 15 is 0 Å². The van der Waals surface area contributed by atoms with E-state index in [1.807, 2.05) is 61.5 Å². The molecule has 0 fully saturated rings. The molecule has 1 heterocycles. The molecule has 2 aromatic carbocycles. The van der Waals surface area contributed by atoms with Crippen LogP contribution in [0.1, 0.15) is 12.5 Å². The number of aliphatic imine (C=N–C) groups is 1. The molecule has 0 aliphatic carbocycles. The molecule has 0 bridgehead atoms. The van der Waals surface area contributed by atoms with Crippen LogP contribution < -0.4 is 4.90 Å². The number of nitrogens with zero attached hydrogens (tertiary/aromatic N) is 4. The van der Waals surface area contributed by atoms with Crippen LogP contribution in [0, 0.1) is 6.92 Å². The normalized spacial score (nSPS) is 18.1. The van der Waals surface area contributed by atoms with Gasteiger partial charge in [-0.25, -0.2) is 0 Å². The number of amidine groups is 1. The quantitative estimate of drug-likeness (QED) is 0.806. The number of para-hydroxylation sites is 1. The smallest absolute Gasteiger partial charge is 0.295 e. The van der Waals surface area contributed by atoms with Gasteiger partial charge in [-0.2, -0.15) is 15.2 Å². The Kier molecular flexibility index (Phi) is 3.78. The zero-order valence-corrected chi connectivity index (χ0v) is 12.5. The van der Waals surface area contributed by atoms with Gasteiger partial charge in [0.25, 0.3) is 5.91 Å². The average molecular weight is 292 g/mol. The Morgan fingerprint density at radius 2 is 1.68 bits per heavy atom. The van der Waals surface area contributed by atoms with Crippen molar-refractivity contribution >= 4 is 23.1 Å². The highest BCUT2D eigenvalue weighted by Crippen LogP contribution is 2.25. The SMILES string of the molecule is CC1=NC(=O)[C@H](N=Nc2ccccc2C)N1c1ccccc1. The van der Waals surface area contributed by atoms with Gasteiger partial charge in [0, 0.05) is 5.69 Å². The summed E-state index contributed by atoms with van der Waals surface area (Å²) in [5.41, 5.74) is 2.65. The number of hydrogen-bond acceptors (Lipinski definition) is 4. The van der Waals surface area contributed by atoms with Crippen LogP contribution >= 0.6 is 0 Å². The van der Waals surface area contributed by atoms with Gasteiger partial charge in [-0.1, -0.05) is 36.4 Å². The standard InChI is InChI=1S/C17H16N4O/c1-12-8-6-7-11-15(12)19-20-16-17(22)18-13(2)21(16)14-9-4-3-5-10-14/h3-11,16H,1-2H3/t16-/m1/s1. The Bertz CT molecular complexity index is 752. The first-order valence-electron chi connectivity index (χ1n) is 7.07. The van der Waals surface area contributed by atoms with Crippen molar-refractivity contribution in [1.82, 2.24) is 0 Å². The molecule has 1 aliphatic heterocycles. The first-order valence-corrected chi connectivity index (χ1v) is 7.07. The molecule has 3 rings (SSSR count). The fourth-order valence-electron chi connectivity index (χ4n) is 2.37. The Labute approximate surface area is 129 Å². The molecule has 1 atom stereocenters. The topological polar surface area (TPSA) is 57.4 Å². The fraction of sp³-hybridized carbons (Fsp3) is 0.176. The van der Waals surface area contributed by atoms with Gasteiger partial charge in [0.15, 0.2) is 0 Å². The van der Waals surface area contributed by atoms with Crippen LogP contribution in [-0.2, 0) is 4.79 Å². The number of anilines is 1. The van der Waals surface area contributed by atoms with Crippen molar-refractivity contribution in [2.24, 2.45) is 15.2 Å². The van der Waals surface area contributed by atoms with Gasteiger partial charge in [0.1, 0.15) is 5.84 Å². The summed E-state index contributed by atoms with van der Waals surface area (Å²) in [5, 5.41) is 8.47. The summed E-state index contributed by atoms with van der Waals surface area (Å²) in [7, 11) is 0. The molecule has 0 spiro atoms. The maximum absolute atomic E-state index is 12.1. The number of carbonyl (C=O) groups is 1. The molecule has 5 nitrogen and oxygen atoms in total. The largest absolute Gasteiger partial charge is 0.297 e. The minimum atomic E-state index is -0.734. The summed E-state index contributed by atoms with van der Waals surface area (Å²) in [6.07, 6.45) is -0.734. The zero-order chi connectivity index (χ0) is 15.5. The van der Waals surface area contributed by atoms with E-state index in [9.17, 15) is 4.79 Å². The van der Waals surface area contributed by atoms with Crippen LogP contribution in [-0.4, -0.2) is 17.9 Å². The number of benzene rings is 2. The van der Waals surface area contributed by atoms with Crippen LogP contribution in [0.4, 0.5) is 11.4 Å². The van der Waals surface area contributed by atoms with E-state index in [1.165, 1.54) is 0 Å². The van der Waals surface area contributed by atoms with E-state index in [4.69, 9.17) is 0 Å². The average Bonchev–Trinajstić information content (AvgIpc) is 2.81. The van der Waals surface area contributed by atoms with Crippen LogP contribution in [0.15, 0.2) is 69.8 Å². The number of amides is 1. The van der Waals surface area contributed by atoms with E-state index in [-0.39, 0.29) is 5.91 Å². The van der Waals surface area contributed by atoms with E-state index in [0.29, 0.717) is 5.84 Å². The highest BCUT2D eigenvalue weighted by atomic mass is 16.2. The molecule has 0 aromatic heterocycles. The molecule has 1 aliphatic rings. The lowest BCUT2D eigenvalue weighted by molar-refractivity contribution is -0.118. The van der Waals surface area contributed by atoms with Gasteiger partial charge in [-0.3, -0.25) is 9.69 Å². The zero-order valence-electron chi connectivity index (χ0n) is 12.5. The number of aryl methyl sites for hydroxylation is 1. The first kappa shape index (κ1) is 14.1. The van der Waals surface area contributed by atoms with Crippen molar-refractivity contribution in [2.75, 3.05) is 4.90 Å². The minimum Gasteiger partial charge on any atom is -0.297 e. The van der Waals surface area contributed by atoms with Crippen LogP contribution in [0.5, 0.6) is 0 Å². The van der Waals surface area contributed by atoms with Gasteiger partial charge >= 0.3 is 0 Å². The summed E-state index contributed by atoms with van der Waals surface area (Å²) >= 11 is 0. The van der Waals surface area contributed by atoms with E-state index in [2.05, 4.69) is 15.2 Å². The van der Waals surface area contributed by atoms with E-state index in [1.54, 1.807) is 11.8 Å². The van der Waals surface area contributed by atoms with E-state index < -0.39 is 6.17 Å². The predicted octanol–water partition coefficient (Wildman–Crippen LogP) is 3.87. The van der Waals surface area contributed by atoms with Gasteiger partial charge < -0.3 is 0 Å². The number of azo groups is 1. The Hall–Kier alpha value is -2.82. The molecule has 0 saturated carbocycles. The maximum atomic E-state index is 12.1. The highest BCUT2D eigenvalue weighted by Gasteiger charge is 2.34. The molecule has 22 heavy (non-hydrogen) atoms. The molecule has 2 aromatic rings. The molecule has 0 unspecified atom stereocenters. The third-order valence-electron chi connectivity index (χ3n) is 3.51. The van der Waals surface area contributed by atoms with Crippen LogP contribution in [0.2, 0.25) is 0 Å². The molecule has 5 heteroatoms. The lowest BCUT2D eigenvalue weighted by Crippen LogP contribution is -2.35. The summed E-state index contributed by atoms with van der Waals surface area (Å²) < 4.78 is 0. The van der Waals surface area contributed by atoms with Crippen molar-refractivity contribution in [2.45, 2.75) is 20.0 Å². The Morgan fingerprint density at radius 3 is 2.41 bits per heavy atom. The van der Waals surface area contributed by atoms with Crippen molar-refractivity contribution < 1.29 is 4.79 Å². The Morgan fingerprint density at radius 1 is 1.00 bits per heavy atom. The number of hydrogen-bond donors (Lipinski definition) is 0. The first-order chi connectivity index (χ1) is 10.7. The molecular weight excluding hydrogens is 276 g/mol. The molecule has 1 amide bonds. The second-order valence-electron chi connectivity index (χ2n) is 5.08. The monoisotopic (exact) mass is 292 g/mol. The van der Waals surface area contributed by atoms with Gasteiger partial charge in [0.05, 0.1) is 5.69 Å². The molecule has 0 N–H and O–H groups in total. The third kappa shape index (κ3) is 2.65. The Balaban J connectivity index is 1.92. The summed E-state index contributed by atoms with van der Waals surface area (Å²) in [6, 6.07) is 17.3. The fourth-order valence-corrected chi connectivity index (χ4v) is 2.37. The van der Waals surface area contributed by atoms with E-state index in [0.717, 1.165) is 16.9 Å². The lowest BCUT2D eigenvalue weighted by atomic mass is 10.2. The highest BCUT2D eigenvalue weighted by molar-refractivity contribution is 6.13. The summed E-state index contributed by atoms with van der Waals surface area (Å²) in [4.78, 5) is 17.9. The third-order valence-corrected chi connectivity index (χ3v) is 3.51. The minimum absolute atomic E-state index is 0.293. The second-order valence-corrected chi connectivity index (χ2v) is 5.08. The van der Waals surface area contributed by atoms with Crippen molar-refractivity contribution in [3.8, 4) is 0 Å². The van der Waals surface area contributed by atoms with Gasteiger partial charge in [-0.15, -0.1) is 0 Å². The van der Waals surface area contributed by atoms with Gasteiger partial charge in [-0.05, 0) is 37.6 Å². The molecule has 110 valence electrons. The van der Waals surface area contributed by atoms with Gasteiger partial charge in [0.2, 0.25) is 6.17 Å². The van der Waals surface area contributed by atoms with Crippen LogP contribution in [0.25, 0.3) is 0 Å². The number of rotatable bonds is 3. The van der Waals surface area contributed by atoms with Crippen molar-refractivity contribution in [3.63, 3.8) is 0 Å². The summed E-state index contributed by atoms with van der Waals surface area (Å²) in [6.45, 7) is 3.76. The molecular formula is C17H16N4O. The second kappa shape index (κ2) is 5.89. The maximum Gasteiger partial charge on any atom is 0.295 e. The summed E-state index contributed by atoms with van der Waals surface area (Å²) in [5.74, 6) is 0.337. The predicted molar refractivity (Wildman–Crippen MR) is 86.5 cm³/mol. The van der Waals surface area contributed by atoms with Crippen molar-refractivity contribution in [1.29, 1.82) is 0 Å². The molecule has 0 saturated heterocycles. The molecule has 0 radical (unpaired) electrons. The van der Waals surface area contributed by atoms with Crippen LogP contribution in [0.3, 0.4) is 0 Å².